The van der Waals surface area contributed by atoms with E-state index < -0.39 is 10.0 Å². The molecule has 1 aliphatic rings. The molecule has 118 valence electrons. The Hall–Kier alpha value is -1.44. The third-order valence-corrected chi connectivity index (χ3v) is 5.69. The fraction of sp³-hybridized carbons (Fsp3) is 0.400. The van der Waals surface area contributed by atoms with Crippen LogP contribution in [0.2, 0.25) is 0 Å². The molecular weight excluding hydrogens is 318 g/mol. The summed E-state index contributed by atoms with van der Waals surface area (Å²) in [6.07, 6.45) is 3.07. The van der Waals surface area contributed by atoms with Gasteiger partial charge >= 0.3 is 0 Å². The molecule has 1 aliphatic carbocycles. The van der Waals surface area contributed by atoms with Gasteiger partial charge in [0, 0.05) is 16.5 Å². The van der Waals surface area contributed by atoms with Crippen molar-refractivity contribution in [1.82, 2.24) is 4.98 Å². The van der Waals surface area contributed by atoms with Gasteiger partial charge in [-0.2, -0.15) is 0 Å². The van der Waals surface area contributed by atoms with E-state index in [-0.39, 0.29) is 4.90 Å². The molecular formula is C15H19N3O2S2. The van der Waals surface area contributed by atoms with Crippen molar-refractivity contribution in [3.63, 3.8) is 0 Å². The summed E-state index contributed by atoms with van der Waals surface area (Å²) >= 11 is 1.64. The Bertz CT molecular complexity index is 780. The molecule has 0 spiro atoms. The number of nitrogens with zero attached hydrogens (tertiary/aromatic N) is 1. The molecule has 1 fully saturated rings. The minimum Gasteiger partial charge on any atom is -0.380 e. The number of aromatic nitrogens is 1. The zero-order valence-electron chi connectivity index (χ0n) is 12.4. The zero-order chi connectivity index (χ0) is 15.7. The van der Waals surface area contributed by atoms with E-state index in [2.05, 4.69) is 10.3 Å². The van der Waals surface area contributed by atoms with Crippen LogP contribution in [0.3, 0.4) is 0 Å². The molecule has 0 radical (unpaired) electrons. The fourth-order valence-electron chi connectivity index (χ4n) is 2.50. The van der Waals surface area contributed by atoms with Crippen LogP contribution in [-0.2, 0) is 23.0 Å². The van der Waals surface area contributed by atoms with Crippen LogP contribution in [0.15, 0.2) is 28.6 Å². The van der Waals surface area contributed by atoms with Crippen molar-refractivity contribution in [3.8, 4) is 0 Å². The predicted molar refractivity (Wildman–Crippen MR) is 88.6 cm³/mol. The molecule has 1 saturated carbocycles. The molecule has 0 amide bonds. The number of primary sulfonamides is 1. The fourth-order valence-corrected chi connectivity index (χ4v) is 4.16. The minimum atomic E-state index is -3.70. The molecule has 22 heavy (non-hydrogen) atoms. The lowest BCUT2D eigenvalue weighted by molar-refractivity contribution is 0.596. The maximum Gasteiger partial charge on any atom is 0.238 e. The summed E-state index contributed by atoms with van der Waals surface area (Å²) < 4.78 is 23.4. The van der Waals surface area contributed by atoms with Crippen molar-refractivity contribution in [1.29, 1.82) is 0 Å². The SMILES string of the molecule is CCc1ccc(NCc2scnc2C2CC2)cc1S(N)(=O)=O. The largest absolute Gasteiger partial charge is 0.380 e. The van der Waals surface area contributed by atoms with Crippen molar-refractivity contribution in [3.05, 3.63) is 39.8 Å². The lowest BCUT2D eigenvalue weighted by Crippen LogP contribution is -2.15. The Morgan fingerprint density at radius 2 is 2.18 bits per heavy atom. The normalized spacial score (nSPS) is 15.0. The molecule has 2 aromatic rings. The van der Waals surface area contributed by atoms with E-state index in [0.29, 0.717) is 18.9 Å². The van der Waals surface area contributed by atoms with E-state index in [4.69, 9.17) is 5.14 Å². The average Bonchev–Trinajstić information content (AvgIpc) is 3.22. The van der Waals surface area contributed by atoms with Gasteiger partial charge in [0.15, 0.2) is 0 Å². The van der Waals surface area contributed by atoms with Crippen LogP contribution in [0, 0.1) is 0 Å². The number of hydrogen-bond acceptors (Lipinski definition) is 5. The van der Waals surface area contributed by atoms with Crippen LogP contribution in [0.5, 0.6) is 0 Å². The molecule has 0 bridgehead atoms. The highest BCUT2D eigenvalue weighted by atomic mass is 32.2. The van der Waals surface area contributed by atoms with Gasteiger partial charge in [-0.1, -0.05) is 13.0 Å². The van der Waals surface area contributed by atoms with Crippen LogP contribution in [0.4, 0.5) is 5.69 Å². The van der Waals surface area contributed by atoms with E-state index in [1.165, 1.54) is 23.4 Å². The Labute approximate surface area is 134 Å². The summed E-state index contributed by atoms with van der Waals surface area (Å²) in [4.78, 5) is 5.86. The van der Waals surface area contributed by atoms with Crippen molar-refractivity contribution >= 4 is 27.0 Å². The van der Waals surface area contributed by atoms with Gasteiger partial charge < -0.3 is 5.32 Å². The Morgan fingerprint density at radius 1 is 1.41 bits per heavy atom. The number of nitrogens with two attached hydrogens (primary N) is 1. The standard InChI is InChI=1S/C15H19N3O2S2/c1-2-10-5-6-12(7-14(10)22(16,19)20)17-8-13-15(11-3-4-11)18-9-21-13/h5-7,9,11,17H,2-4,8H2,1H3,(H2,16,19,20). The lowest BCUT2D eigenvalue weighted by atomic mass is 10.1. The van der Waals surface area contributed by atoms with Crippen LogP contribution in [-0.4, -0.2) is 13.4 Å². The maximum absolute atomic E-state index is 11.7. The molecule has 5 nitrogen and oxygen atoms in total. The van der Waals surface area contributed by atoms with E-state index >= 15 is 0 Å². The second kappa shape index (κ2) is 5.98. The highest BCUT2D eigenvalue weighted by Gasteiger charge is 2.28. The first kappa shape index (κ1) is 15.5. The van der Waals surface area contributed by atoms with Gasteiger partial charge in [0.2, 0.25) is 10.0 Å². The molecule has 3 N–H and O–H groups in total. The first-order chi connectivity index (χ1) is 10.5. The molecule has 0 unspecified atom stereocenters. The first-order valence-electron chi connectivity index (χ1n) is 7.31. The van der Waals surface area contributed by atoms with Crippen LogP contribution < -0.4 is 10.5 Å². The molecule has 1 heterocycles. The van der Waals surface area contributed by atoms with E-state index in [0.717, 1.165) is 11.3 Å². The van der Waals surface area contributed by atoms with E-state index in [1.807, 2.05) is 24.6 Å². The third kappa shape index (κ3) is 3.31. The lowest BCUT2D eigenvalue weighted by Gasteiger charge is -2.11. The number of nitrogens with one attached hydrogen (secondary N) is 1. The Balaban J connectivity index is 1.79. The predicted octanol–water partition coefficient (Wildman–Crippen LogP) is 2.84. The quantitative estimate of drug-likeness (QED) is 0.849. The topological polar surface area (TPSA) is 85.1 Å². The third-order valence-electron chi connectivity index (χ3n) is 3.84. The maximum atomic E-state index is 11.7. The van der Waals surface area contributed by atoms with Gasteiger partial charge in [0.25, 0.3) is 0 Å². The number of sulfonamides is 1. The van der Waals surface area contributed by atoms with Gasteiger partial charge in [-0.15, -0.1) is 11.3 Å². The number of aryl methyl sites for hydroxylation is 1. The number of rotatable bonds is 6. The van der Waals surface area contributed by atoms with Crippen LogP contribution in [0.1, 0.15) is 41.8 Å². The number of anilines is 1. The van der Waals surface area contributed by atoms with Gasteiger partial charge in [-0.3, -0.25) is 0 Å². The van der Waals surface area contributed by atoms with Crippen molar-refractivity contribution in [2.75, 3.05) is 5.32 Å². The highest BCUT2D eigenvalue weighted by molar-refractivity contribution is 7.89. The van der Waals surface area contributed by atoms with Gasteiger partial charge in [-0.25, -0.2) is 18.5 Å². The van der Waals surface area contributed by atoms with Crippen LogP contribution >= 0.6 is 11.3 Å². The van der Waals surface area contributed by atoms with E-state index in [1.54, 1.807) is 17.4 Å². The average molecular weight is 337 g/mol. The summed E-state index contributed by atoms with van der Waals surface area (Å²) in [5, 5.41) is 8.59. The van der Waals surface area contributed by atoms with E-state index in [9.17, 15) is 8.42 Å². The molecule has 7 heteroatoms. The van der Waals surface area contributed by atoms with Crippen molar-refractivity contribution in [2.45, 2.75) is 43.5 Å². The summed E-state index contributed by atoms with van der Waals surface area (Å²) in [5.41, 5.74) is 4.57. The Morgan fingerprint density at radius 3 is 2.82 bits per heavy atom. The number of hydrogen-bond donors (Lipinski definition) is 2. The number of thiazole rings is 1. The summed E-state index contributed by atoms with van der Waals surface area (Å²) in [7, 11) is -3.70. The molecule has 1 aromatic heterocycles. The highest BCUT2D eigenvalue weighted by Crippen LogP contribution is 2.41. The molecule has 3 rings (SSSR count). The van der Waals surface area contributed by atoms with Crippen molar-refractivity contribution < 1.29 is 8.42 Å². The monoisotopic (exact) mass is 337 g/mol. The molecule has 0 saturated heterocycles. The van der Waals surface area contributed by atoms with Gasteiger partial charge in [0.1, 0.15) is 0 Å². The molecule has 0 aliphatic heterocycles. The van der Waals surface area contributed by atoms with Crippen LogP contribution in [0.25, 0.3) is 0 Å². The molecule has 1 aromatic carbocycles. The summed E-state index contributed by atoms with van der Waals surface area (Å²) in [6.45, 7) is 2.57. The van der Waals surface area contributed by atoms with Gasteiger partial charge in [0.05, 0.1) is 22.6 Å². The smallest absolute Gasteiger partial charge is 0.238 e. The number of benzene rings is 1. The second-order valence-corrected chi connectivity index (χ2v) is 7.98. The minimum absolute atomic E-state index is 0.201. The summed E-state index contributed by atoms with van der Waals surface area (Å²) in [5.74, 6) is 0.616. The second-order valence-electron chi connectivity index (χ2n) is 5.51. The Kier molecular flexibility index (Phi) is 4.20. The summed E-state index contributed by atoms with van der Waals surface area (Å²) in [6, 6.07) is 5.33. The zero-order valence-corrected chi connectivity index (χ0v) is 14.0. The molecule has 0 atom stereocenters. The van der Waals surface area contributed by atoms with Gasteiger partial charge in [-0.05, 0) is 37.0 Å². The first-order valence-corrected chi connectivity index (χ1v) is 9.73. The van der Waals surface area contributed by atoms with Crippen molar-refractivity contribution in [2.24, 2.45) is 5.14 Å².